The molecule has 1 saturated heterocycles. The van der Waals surface area contributed by atoms with E-state index in [1.165, 1.54) is 5.56 Å². The smallest absolute Gasteiger partial charge is 0.223 e. The van der Waals surface area contributed by atoms with Crippen molar-refractivity contribution in [2.24, 2.45) is 0 Å². The van der Waals surface area contributed by atoms with Gasteiger partial charge in [-0.1, -0.05) is 42.5 Å². The van der Waals surface area contributed by atoms with Gasteiger partial charge in [-0.15, -0.1) is 0 Å². The Balaban J connectivity index is 1.50. The van der Waals surface area contributed by atoms with Crippen molar-refractivity contribution in [1.29, 1.82) is 0 Å². The maximum absolute atomic E-state index is 12.6. The van der Waals surface area contributed by atoms with Gasteiger partial charge in [-0.2, -0.15) is 5.10 Å². The van der Waals surface area contributed by atoms with Gasteiger partial charge in [0.25, 0.3) is 0 Å². The number of aromatic nitrogens is 3. The van der Waals surface area contributed by atoms with Crippen molar-refractivity contribution in [2.75, 3.05) is 13.7 Å². The standard InChI is InChI=1S/C22H24N4O2/c1-16-23-21(26(24-16)13-17-7-6-10-20(11-17)28-2)15-25-14-19(12-22(25)27)18-8-4-3-5-9-18/h3-11,19H,12-15H2,1-2H3. The lowest BCUT2D eigenvalue weighted by Crippen LogP contribution is -2.26. The molecule has 1 fully saturated rings. The van der Waals surface area contributed by atoms with Crippen LogP contribution in [0.1, 0.15) is 35.1 Å². The quantitative estimate of drug-likeness (QED) is 0.663. The molecule has 28 heavy (non-hydrogen) atoms. The monoisotopic (exact) mass is 376 g/mol. The van der Waals surface area contributed by atoms with Crippen LogP contribution < -0.4 is 4.74 Å². The molecular weight excluding hydrogens is 352 g/mol. The second-order valence-corrected chi connectivity index (χ2v) is 7.17. The average molecular weight is 376 g/mol. The minimum atomic E-state index is 0.169. The van der Waals surface area contributed by atoms with Crippen LogP contribution in [0.15, 0.2) is 54.6 Å². The van der Waals surface area contributed by atoms with Gasteiger partial charge in [0.05, 0.1) is 20.2 Å². The zero-order chi connectivity index (χ0) is 19.5. The highest BCUT2D eigenvalue weighted by molar-refractivity contribution is 5.79. The van der Waals surface area contributed by atoms with Gasteiger partial charge in [0.2, 0.25) is 5.91 Å². The van der Waals surface area contributed by atoms with Crippen LogP contribution in [0.3, 0.4) is 0 Å². The van der Waals surface area contributed by atoms with E-state index < -0.39 is 0 Å². The van der Waals surface area contributed by atoms with E-state index in [1.807, 2.05) is 59.0 Å². The Morgan fingerprint density at radius 1 is 1.11 bits per heavy atom. The lowest BCUT2D eigenvalue weighted by molar-refractivity contribution is -0.128. The normalized spacial score (nSPS) is 16.6. The number of carbonyl (C=O) groups is 1. The van der Waals surface area contributed by atoms with Crippen molar-refractivity contribution in [1.82, 2.24) is 19.7 Å². The summed E-state index contributed by atoms with van der Waals surface area (Å²) in [5, 5.41) is 4.53. The molecule has 1 aliphatic heterocycles. The van der Waals surface area contributed by atoms with E-state index in [-0.39, 0.29) is 11.8 Å². The molecule has 3 aromatic rings. The van der Waals surface area contributed by atoms with Crippen LogP contribution in [-0.2, 0) is 17.9 Å². The van der Waals surface area contributed by atoms with Gasteiger partial charge in [0, 0.05) is 18.9 Å². The maximum Gasteiger partial charge on any atom is 0.223 e. The molecule has 144 valence electrons. The van der Waals surface area contributed by atoms with Crippen LogP contribution in [0.4, 0.5) is 0 Å². The van der Waals surface area contributed by atoms with Crippen LogP contribution in [0.5, 0.6) is 5.75 Å². The van der Waals surface area contributed by atoms with Crippen molar-refractivity contribution in [2.45, 2.75) is 32.4 Å². The first-order chi connectivity index (χ1) is 13.6. The Morgan fingerprint density at radius 3 is 2.71 bits per heavy atom. The highest BCUT2D eigenvalue weighted by atomic mass is 16.5. The molecule has 0 spiro atoms. The topological polar surface area (TPSA) is 60.2 Å². The number of nitrogens with zero attached hydrogens (tertiary/aromatic N) is 4. The van der Waals surface area contributed by atoms with E-state index in [0.717, 1.165) is 17.1 Å². The van der Waals surface area contributed by atoms with Crippen LogP contribution in [0.25, 0.3) is 0 Å². The Labute approximate surface area is 164 Å². The summed E-state index contributed by atoms with van der Waals surface area (Å²) in [7, 11) is 1.66. The van der Waals surface area contributed by atoms with Crippen LogP contribution in [-0.4, -0.2) is 39.2 Å². The molecule has 1 aromatic heterocycles. The van der Waals surface area contributed by atoms with E-state index in [1.54, 1.807) is 7.11 Å². The summed E-state index contributed by atoms with van der Waals surface area (Å²) < 4.78 is 7.19. The zero-order valence-corrected chi connectivity index (χ0v) is 16.2. The fraction of sp³-hybridized carbons (Fsp3) is 0.318. The van der Waals surface area contributed by atoms with Gasteiger partial charge in [-0.05, 0) is 30.2 Å². The number of amides is 1. The number of benzene rings is 2. The summed E-state index contributed by atoms with van der Waals surface area (Å²) in [5.74, 6) is 2.75. The van der Waals surface area contributed by atoms with Crippen molar-refractivity contribution in [3.63, 3.8) is 0 Å². The number of aryl methyl sites for hydroxylation is 1. The van der Waals surface area contributed by atoms with Gasteiger partial charge in [-0.3, -0.25) is 4.79 Å². The molecule has 0 saturated carbocycles. The first-order valence-corrected chi connectivity index (χ1v) is 9.48. The van der Waals surface area contributed by atoms with Gasteiger partial charge in [0.1, 0.15) is 17.4 Å². The van der Waals surface area contributed by atoms with Gasteiger partial charge >= 0.3 is 0 Å². The van der Waals surface area contributed by atoms with Crippen molar-refractivity contribution >= 4 is 5.91 Å². The highest BCUT2D eigenvalue weighted by Crippen LogP contribution is 2.29. The number of rotatable bonds is 6. The van der Waals surface area contributed by atoms with Crippen LogP contribution >= 0.6 is 0 Å². The Bertz CT molecular complexity index is 968. The fourth-order valence-electron chi connectivity index (χ4n) is 3.73. The number of likely N-dealkylation sites (tertiary alicyclic amines) is 1. The summed E-state index contributed by atoms with van der Waals surface area (Å²) in [6.07, 6.45) is 0.549. The maximum atomic E-state index is 12.6. The third kappa shape index (κ3) is 3.91. The van der Waals surface area contributed by atoms with E-state index in [4.69, 9.17) is 4.74 Å². The Kier molecular flexibility index (Phi) is 5.10. The molecule has 0 radical (unpaired) electrons. The molecule has 4 rings (SSSR count). The third-order valence-corrected chi connectivity index (χ3v) is 5.14. The fourth-order valence-corrected chi connectivity index (χ4v) is 3.73. The molecule has 6 heteroatoms. The highest BCUT2D eigenvalue weighted by Gasteiger charge is 2.31. The predicted molar refractivity (Wildman–Crippen MR) is 106 cm³/mol. The van der Waals surface area contributed by atoms with Crippen molar-refractivity contribution < 1.29 is 9.53 Å². The molecule has 2 aromatic carbocycles. The lowest BCUT2D eigenvalue weighted by atomic mass is 9.99. The zero-order valence-electron chi connectivity index (χ0n) is 16.2. The van der Waals surface area contributed by atoms with E-state index >= 15 is 0 Å². The number of methoxy groups -OCH3 is 1. The summed E-state index contributed by atoms with van der Waals surface area (Å²) in [5.41, 5.74) is 2.30. The third-order valence-electron chi connectivity index (χ3n) is 5.14. The molecule has 0 bridgehead atoms. The summed E-state index contributed by atoms with van der Waals surface area (Å²) in [6.45, 7) is 3.67. The molecule has 2 heterocycles. The number of hydrogen-bond donors (Lipinski definition) is 0. The second kappa shape index (κ2) is 7.84. The molecule has 1 atom stereocenters. The van der Waals surface area contributed by atoms with Crippen LogP contribution in [0, 0.1) is 6.92 Å². The van der Waals surface area contributed by atoms with Gasteiger partial charge < -0.3 is 9.64 Å². The molecule has 6 nitrogen and oxygen atoms in total. The first kappa shape index (κ1) is 18.2. The summed E-state index contributed by atoms with van der Waals surface area (Å²) in [6, 6.07) is 18.2. The molecular formula is C22H24N4O2. The molecule has 1 amide bonds. The molecule has 0 aliphatic carbocycles. The SMILES string of the molecule is COc1cccc(Cn2nc(C)nc2CN2CC(c3ccccc3)CC2=O)c1. The summed E-state index contributed by atoms with van der Waals surface area (Å²) >= 11 is 0. The largest absolute Gasteiger partial charge is 0.497 e. The van der Waals surface area contributed by atoms with Gasteiger partial charge in [-0.25, -0.2) is 9.67 Å². The van der Waals surface area contributed by atoms with Gasteiger partial charge in [0.15, 0.2) is 0 Å². The van der Waals surface area contributed by atoms with E-state index in [0.29, 0.717) is 31.9 Å². The lowest BCUT2D eigenvalue weighted by Gasteiger charge is -2.17. The Morgan fingerprint density at radius 2 is 1.93 bits per heavy atom. The first-order valence-electron chi connectivity index (χ1n) is 9.48. The van der Waals surface area contributed by atoms with E-state index in [2.05, 4.69) is 22.2 Å². The average Bonchev–Trinajstić information content (AvgIpc) is 3.25. The summed E-state index contributed by atoms with van der Waals surface area (Å²) in [4.78, 5) is 19.0. The molecule has 1 aliphatic rings. The number of hydrogen-bond acceptors (Lipinski definition) is 4. The van der Waals surface area contributed by atoms with E-state index in [9.17, 15) is 4.79 Å². The minimum Gasteiger partial charge on any atom is -0.497 e. The predicted octanol–water partition coefficient (Wildman–Crippen LogP) is 3.16. The number of ether oxygens (including phenoxy) is 1. The second-order valence-electron chi connectivity index (χ2n) is 7.17. The van der Waals surface area contributed by atoms with Crippen molar-refractivity contribution in [3.8, 4) is 5.75 Å². The minimum absolute atomic E-state index is 0.169. The molecule has 0 N–H and O–H groups in total. The molecule has 1 unspecified atom stereocenters. The number of carbonyl (C=O) groups excluding carboxylic acids is 1. The van der Waals surface area contributed by atoms with Crippen LogP contribution in [0.2, 0.25) is 0 Å². The van der Waals surface area contributed by atoms with Crippen molar-refractivity contribution in [3.05, 3.63) is 77.4 Å². The Hall–Kier alpha value is -3.15.